The molecule has 5 rings (SSSR count). The third-order valence-corrected chi connectivity index (χ3v) is 9.37. The summed E-state index contributed by atoms with van der Waals surface area (Å²) in [4.78, 5) is 26.2. The highest BCUT2D eigenvalue weighted by atomic mass is 31.2. The fraction of sp³-hybridized carbons (Fsp3) is 0.353. The molecule has 2 aromatic heterocycles. The van der Waals surface area contributed by atoms with Crippen molar-refractivity contribution in [2.24, 2.45) is 5.92 Å². The average Bonchev–Trinajstić information content (AvgIpc) is 3.52. The maximum atomic E-state index is 14.7. The quantitative estimate of drug-likeness (QED) is 0.0914. The zero-order chi connectivity index (χ0) is 34.3. The number of nitrogens with zero attached hydrogens (tertiary/aromatic N) is 4. The van der Waals surface area contributed by atoms with E-state index in [1.54, 1.807) is 18.5 Å². The largest absolute Gasteiger partial charge is 0.479 e. The molecule has 4 atom stereocenters. The van der Waals surface area contributed by atoms with Gasteiger partial charge in [-0.05, 0) is 36.3 Å². The van der Waals surface area contributed by atoms with Gasteiger partial charge in [0.1, 0.15) is 18.4 Å². The van der Waals surface area contributed by atoms with E-state index in [1.165, 1.54) is 14.2 Å². The molecule has 0 saturated heterocycles. The number of benzene rings is 3. The number of hydrogen-bond donors (Lipinski definition) is 2. The molecule has 14 heteroatoms. The van der Waals surface area contributed by atoms with E-state index in [0.717, 1.165) is 16.3 Å². The number of carbonyl (C=O) groups excluding carboxylic acids is 1. The number of rotatable bonds is 16. The van der Waals surface area contributed by atoms with Crippen LogP contribution in [0.15, 0.2) is 79.1 Å². The summed E-state index contributed by atoms with van der Waals surface area (Å²) in [6.07, 6.45) is 1.49. The normalized spacial score (nSPS) is 14.8. The fourth-order valence-corrected chi connectivity index (χ4v) is 6.94. The minimum absolute atomic E-state index is 0.0551. The molecule has 0 amide bonds. The minimum atomic E-state index is -4.24. The molecule has 0 aliphatic carbocycles. The Labute approximate surface area is 279 Å². The van der Waals surface area contributed by atoms with Gasteiger partial charge in [0.25, 0.3) is 0 Å². The van der Waals surface area contributed by atoms with Crippen molar-refractivity contribution < 1.29 is 32.6 Å². The van der Waals surface area contributed by atoms with Crippen molar-refractivity contribution in [3.63, 3.8) is 0 Å². The summed E-state index contributed by atoms with van der Waals surface area (Å²) in [5.41, 5.74) is 7.71. The number of hydrogen-bond acceptors (Lipinski definition) is 11. The summed E-state index contributed by atoms with van der Waals surface area (Å²) in [7, 11) is -1.21. The van der Waals surface area contributed by atoms with Crippen molar-refractivity contribution >= 4 is 41.6 Å². The van der Waals surface area contributed by atoms with Crippen LogP contribution in [0.1, 0.15) is 38.8 Å². The maximum absolute atomic E-state index is 14.7. The first-order valence-electron chi connectivity index (χ1n) is 15.6. The Morgan fingerprint density at radius 3 is 2.44 bits per heavy atom. The molecule has 2 heterocycles. The van der Waals surface area contributed by atoms with Crippen molar-refractivity contribution in [1.82, 2.24) is 24.6 Å². The van der Waals surface area contributed by atoms with Crippen molar-refractivity contribution in [2.45, 2.75) is 52.0 Å². The molecule has 0 saturated carbocycles. The van der Waals surface area contributed by atoms with E-state index in [2.05, 4.69) is 20.0 Å². The molecule has 3 N–H and O–H groups in total. The second kappa shape index (κ2) is 15.6. The Bertz CT molecular complexity index is 1880. The fourth-order valence-electron chi connectivity index (χ4n) is 5.24. The summed E-state index contributed by atoms with van der Waals surface area (Å²) in [6.45, 7) is 5.54. The van der Waals surface area contributed by atoms with Crippen LogP contribution in [0.25, 0.3) is 21.9 Å². The Morgan fingerprint density at radius 2 is 1.71 bits per heavy atom. The van der Waals surface area contributed by atoms with E-state index in [0.29, 0.717) is 23.3 Å². The summed E-state index contributed by atoms with van der Waals surface area (Å²) in [6, 6.07) is 21.1. The van der Waals surface area contributed by atoms with Crippen molar-refractivity contribution in [3.05, 3.63) is 84.7 Å². The zero-order valence-electron chi connectivity index (χ0n) is 27.6. The molecule has 0 aliphatic rings. The van der Waals surface area contributed by atoms with Crippen LogP contribution in [-0.2, 0) is 30.0 Å². The summed E-state index contributed by atoms with van der Waals surface area (Å²) < 4.78 is 45.5. The van der Waals surface area contributed by atoms with Gasteiger partial charge in [-0.25, -0.2) is 9.55 Å². The number of imidazole rings is 1. The Kier molecular flexibility index (Phi) is 11.3. The average molecular weight is 677 g/mol. The smallest absolute Gasteiger partial charge is 0.459 e. The van der Waals surface area contributed by atoms with Gasteiger partial charge in [-0.2, -0.15) is 15.1 Å². The minimum Gasteiger partial charge on any atom is -0.479 e. The molecule has 2 unspecified atom stereocenters. The summed E-state index contributed by atoms with van der Waals surface area (Å²) in [5.74, 6) is -0.239. The van der Waals surface area contributed by atoms with E-state index < -0.39 is 25.9 Å². The van der Waals surface area contributed by atoms with Crippen molar-refractivity contribution in [2.75, 3.05) is 26.6 Å². The lowest BCUT2D eigenvalue weighted by Crippen LogP contribution is -2.42. The predicted molar refractivity (Wildman–Crippen MR) is 183 cm³/mol. The Hall–Kier alpha value is -4.55. The van der Waals surface area contributed by atoms with E-state index in [-0.39, 0.29) is 37.0 Å². The first-order chi connectivity index (χ1) is 23.1. The standard InChI is InChI=1S/C34H41N6O7P/c1-22(2)29(33(41)45-19-24-12-7-6-8-13-24)39-48(42,47-28-17-11-15-25-14-9-10-16-27(25)28)46-20-26(43-4)18-23(3)40-21-36-30-31(40)37-34(35)38-32(30)44-5/h6-17,21-23,26,29H,18-20H2,1-5H3,(H,39,42)(H2,35,37,38)/t23-,26-,29?,48?/m0/s1. The van der Waals surface area contributed by atoms with Crippen LogP contribution in [-0.4, -0.2) is 58.5 Å². The first-order valence-corrected chi connectivity index (χ1v) is 17.1. The van der Waals surface area contributed by atoms with Gasteiger partial charge in [0.2, 0.25) is 11.8 Å². The number of nitrogen functional groups attached to an aromatic ring is 1. The highest BCUT2D eigenvalue weighted by molar-refractivity contribution is 7.52. The van der Waals surface area contributed by atoms with Crippen LogP contribution in [0.3, 0.4) is 0 Å². The van der Waals surface area contributed by atoms with Gasteiger partial charge in [-0.1, -0.05) is 80.6 Å². The first kappa shape index (κ1) is 34.8. The van der Waals surface area contributed by atoms with Crippen LogP contribution >= 0.6 is 7.75 Å². The third-order valence-electron chi connectivity index (χ3n) is 7.85. The van der Waals surface area contributed by atoms with E-state index in [9.17, 15) is 9.36 Å². The number of anilines is 1. The summed E-state index contributed by atoms with van der Waals surface area (Å²) >= 11 is 0. The van der Waals surface area contributed by atoms with Crippen LogP contribution in [0, 0.1) is 5.92 Å². The van der Waals surface area contributed by atoms with E-state index >= 15 is 0 Å². The van der Waals surface area contributed by atoms with Crippen LogP contribution in [0.2, 0.25) is 0 Å². The molecular weight excluding hydrogens is 635 g/mol. The van der Waals surface area contributed by atoms with Crippen molar-refractivity contribution in [1.29, 1.82) is 0 Å². The Balaban J connectivity index is 1.37. The molecule has 3 aromatic carbocycles. The highest BCUT2D eigenvalue weighted by Gasteiger charge is 2.37. The van der Waals surface area contributed by atoms with Gasteiger partial charge in [0.15, 0.2) is 11.2 Å². The third kappa shape index (κ3) is 8.29. The highest BCUT2D eigenvalue weighted by Crippen LogP contribution is 2.47. The SMILES string of the molecule is COc1nc(N)nc2c1ncn2[C@@H](C)C[C@@H](COP(=O)(NC(C(=O)OCc1ccccc1)C(C)C)Oc1cccc2ccccc12)OC. The number of aromatic nitrogens is 4. The summed E-state index contributed by atoms with van der Waals surface area (Å²) in [5, 5.41) is 4.53. The van der Waals surface area contributed by atoms with Gasteiger partial charge in [0.05, 0.1) is 26.1 Å². The molecule has 13 nitrogen and oxygen atoms in total. The number of carbonyl (C=O) groups is 1. The van der Waals surface area contributed by atoms with Gasteiger partial charge in [-0.3, -0.25) is 9.32 Å². The van der Waals surface area contributed by atoms with Crippen LogP contribution in [0.5, 0.6) is 11.6 Å². The Morgan fingerprint density at radius 1 is 0.979 bits per heavy atom. The monoisotopic (exact) mass is 676 g/mol. The second-order valence-electron chi connectivity index (χ2n) is 11.7. The predicted octanol–water partition coefficient (Wildman–Crippen LogP) is 6.10. The van der Waals surface area contributed by atoms with E-state index in [4.69, 9.17) is 29.0 Å². The molecule has 0 fully saturated rings. The molecule has 0 spiro atoms. The topological polar surface area (TPSA) is 162 Å². The zero-order valence-corrected chi connectivity index (χ0v) is 28.5. The second-order valence-corrected chi connectivity index (χ2v) is 13.4. The number of nitrogens with one attached hydrogen (secondary N) is 1. The lowest BCUT2D eigenvalue weighted by Gasteiger charge is -2.28. The molecule has 0 radical (unpaired) electrons. The number of methoxy groups -OCH3 is 2. The molecule has 5 aromatic rings. The molecule has 0 bridgehead atoms. The van der Waals surface area contributed by atoms with Gasteiger partial charge in [-0.15, -0.1) is 0 Å². The van der Waals surface area contributed by atoms with Gasteiger partial charge in [0, 0.05) is 18.5 Å². The maximum Gasteiger partial charge on any atom is 0.459 e. The number of fused-ring (bicyclic) bond motifs is 2. The van der Waals surface area contributed by atoms with Crippen LogP contribution in [0.4, 0.5) is 5.95 Å². The molecule has 48 heavy (non-hydrogen) atoms. The lowest BCUT2D eigenvalue weighted by atomic mass is 10.1. The molecule has 254 valence electrons. The van der Waals surface area contributed by atoms with Gasteiger partial charge < -0.3 is 29.0 Å². The van der Waals surface area contributed by atoms with Crippen molar-refractivity contribution in [3.8, 4) is 11.6 Å². The van der Waals surface area contributed by atoms with Crippen LogP contribution < -0.4 is 20.1 Å². The number of nitrogens with two attached hydrogens (primary N) is 1. The molecule has 0 aliphatic heterocycles. The lowest BCUT2D eigenvalue weighted by molar-refractivity contribution is -0.148. The molecular formula is C34H41N6O7P. The number of ether oxygens (including phenoxy) is 3. The van der Waals surface area contributed by atoms with Gasteiger partial charge >= 0.3 is 13.7 Å². The number of esters is 1. The van der Waals surface area contributed by atoms with E-state index in [1.807, 2.05) is 86.0 Å².